The van der Waals surface area contributed by atoms with Crippen molar-refractivity contribution in [1.29, 1.82) is 0 Å². The van der Waals surface area contributed by atoms with Crippen molar-refractivity contribution in [2.45, 2.75) is 33.1 Å². The fourth-order valence-electron chi connectivity index (χ4n) is 0.678. The largest absolute Gasteiger partial charge is 0.391 e. The van der Waals surface area contributed by atoms with Crippen molar-refractivity contribution in [3.05, 3.63) is 11.6 Å². The number of rotatable bonds is 4. The van der Waals surface area contributed by atoms with E-state index in [1.54, 1.807) is 6.92 Å². The fraction of sp³-hybridized carbons (Fsp3) is 0.625. The van der Waals surface area contributed by atoms with Gasteiger partial charge in [-0.3, -0.25) is 0 Å². The standard InChI is InChI=1S/C8H14O2S/c1-3-4-5-6-7(2)8(9)10-11/h6,11H,3-5H2,1-2H3. The smallest absolute Gasteiger partial charge is 0.345 e. The predicted molar refractivity (Wildman–Crippen MR) is 48.4 cm³/mol. The van der Waals surface area contributed by atoms with Gasteiger partial charge in [0.15, 0.2) is 0 Å². The highest BCUT2D eigenvalue weighted by Crippen LogP contribution is 2.03. The van der Waals surface area contributed by atoms with E-state index in [1.807, 2.05) is 6.08 Å². The first-order valence-electron chi connectivity index (χ1n) is 3.74. The Morgan fingerprint density at radius 1 is 1.64 bits per heavy atom. The lowest BCUT2D eigenvalue weighted by molar-refractivity contribution is -0.128. The monoisotopic (exact) mass is 174 g/mol. The summed E-state index contributed by atoms with van der Waals surface area (Å²) in [5, 5.41) is 0. The van der Waals surface area contributed by atoms with E-state index in [4.69, 9.17) is 0 Å². The second kappa shape index (κ2) is 6.28. The van der Waals surface area contributed by atoms with Crippen LogP contribution in [0.15, 0.2) is 11.6 Å². The minimum absolute atomic E-state index is 0.357. The van der Waals surface area contributed by atoms with Gasteiger partial charge in [-0.25, -0.2) is 4.79 Å². The van der Waals surface area contributed by atoms with E-state index in [9.17, 15) is 4.79 Å². The van der Waals surface area contributed by atoms with Gasteiger partial charge in [0, 0.05) is 18.5 Å². The van der Waals surface area contributed by atoms with Gasteiger partial charge in [0.1, 0.15) is 0 Å². The van der Waals surface area contributed by atoms with Gasteiger partial charge in [0.25, 0.3) is 0 Å². The summed E-state index contributed by atoms with van der Waals surface area (Å²) in [6, 6.07) is 0. The molecule has 0 spiro atoms. The molecular formula is C8H14O2S. The van der Waals surface area contributed by atoms with Crippen LogP contribution in [0.25, 0.3) is 0 Å². The Kier molecular flexibility index (Phi) is 6.03. The molecule has 3 heteroatoms. The summed E-state index contributed by atoms with van der Waals surface area (Å²) in [4.78, 5) is 10.7. The SMILES string of the molecule is CCCCC=C(C)C(=O)OS. The van der Waals surface area contributed by atoms with Crippen LogP contribution in [-0.2, 0) is 8.98 Å². The van der Waals surface area contributed by atoms with Crippen LogP contribution in [0, 0.1) is 0 Å². The molecule has 0 amide bonds. The molecule has 0 aliphatic heterocycles. The number of thiol groups is 1. The molecule has 0 saturated carbocycles. The zero-order valence-electron chi connectivity index (χ0n) is 6.96. The van der Waals surface area contributed by atoms with Gasteiger partial charge in [-0.2, -0.15) is 0 Å². The third-order valence-corrected chi connectivity index (χ3v) is 1.58. The van der Waals surface area contributed by atoms with E-state index < -0.39 is 0 Å². The minimum atomic E-state index is -0.357. The Morgan fingerprint density at radius 3 is 2.73 bits per heavy atom. The molecule has 2 nitrogen and oxygen atoms in total. The maximum Gasteiger partial charge on any atom is 0.345 e. The molecule has 0 aromatic carbocycles. The van der Waals surface area contributed by atoms with Crippen molar-refractivity contribution in [1.82, 2.24) is 0 Å². The predicted octanol–water partition coefficient (Wildman–Crippen LogP) is 2.51. The fourth-order valence-corrected chi connectivity index (χ4v) is 0.822. The summed E-state index contributed by atoms with van der Waals surface area (Å²) in [6.45, 7) is 3.84. The third kappa shape index (κ3) is 4.90. The van der Waals surface area contributed by atoms with Crippen LogP contribution in [0.2, 0.25) is 0 Å². The number of carbonyl (C=O) groups is 1. The molecule has 0 rings (SSSR count). The van der Waals surface area contributed by atoms with Gasteiger partial charge in [-0.15, -0.1) is 0 Å². The van der Waals surface area contributed by atoms with Crippen molar-refractivity contribution in [3.63, 3.8) is 0 Å². The average molecular weight is 174 g/mol. The van der Waals surface area contributed by atoms with E-state index in [-0.39, 0.29) is 5.97 Å². The normalized spacial score (nSPS) is 11.4. The van der Waals surface area contributed by atoms with E-state index in [2.05, 4.69) is 24.0 Å². The van der Waals surface area contributed by atoms with Crippen molar-refractivity contribution in [3.8, 4) is 0 Å². The maximum atomic E-state index is 10.7. The van der Waals surface area contributed by atoms with Gasteiger partial charge >= 0.3 is 5.97 Å². The Bertz CT molecular complexity index is 152. The highest BCUT2D eigenvalue weighted by Gasteiger charge is 2.01. The van der Waals surface area contributed by atoms with E-state index in [1.165, 1.54) is 0 Å². The number of allylic oxidation sites excluding steroid dienone is 1. The topological polar surface area (TPSA) is 26.3 Å². The van der Waals surface area contributed by atoms with Gasteiger partial charge in [-0.1, -0.05) is 25.8 Å². The molecule has 11 heavy (non-hydrogen) atoms. The Labute approximate surface area is 73.2 Å². The number of hydrogen-bond acceptors (Lipinski definition) is 3. The molecule has 0 aromatic heterocycles. The lowest BCUT2D eigenvalue weighted by Crippen LogP contribution is -1.97. The summed E-state index contributed by atoms with van der Waals surface area (Å²) >= 11 is 3.41. The van der Waals surface area contributed by atoms with Crippen LogP contribution in [0.4, 0.5) is 0 Å². The van der Waals surface area contributed by atoms with Crippen molar-refractivity contribution >= 4 is 18.9 Å². The average Bonchev–Trinajstić information content (AvgIpc) is 2.03. The Hall–Kier alpha value is -0.440. The Morgan fingerprint density at radius 2 is 2.27 bits per heavy atom. The summed E-state index contributed by atoms with van der Waals surface area (Å²) in [7, 11) is 0. The lowest BCUT2D eigenvalue weighted by Gasteiger charge is -1.95. The maximum absolute atomic E-state index is 10.7. The molecule has 0 N–H and O–H groups in total. The summed E-state index contributed by atoms with van der Waals surface area (Å²) < 4.78 is 4.23. The first-order chi connectivity index (χ1) is 5.22. The minimum Gasteiger partial charge on any atom is -0.391 e. The molecular weight excluding hydrogens is 160 g/mol. The quantitative estimate of drug-likeness (QED) is 0.307. The first kappa shape index (κ1) is 10.6. The molecule has 0 saturated heterocycles. The summed E-state index contributed by atoms with van der Waals surface area (Å²) in [5.41, 5.74) is 0.633. The number of carbonyl (C=O) groups excluding carboxylic acids is 1. The molecule has 0 radical (unpaired) electrons. The molecule has 0 aromatic rings. The van der Waals surface area contributed by atoms with Crippen LogP contribution in [0.1, 0.15) is 33.1 Å². The van der Waals surface area contributed by atoms with Crippen LogP contribution in [0.3, 0.4) is 0 Å². The molecule has 0 unspecified atom stereocenters. The van der Waals surface area contributed by atoms with Crippen molar-refractivity contribution < 1.29 is 8.98 Å². The van der Waals surface area contributed by atoms with Crippen LogP contribution < -0.4 is 0 Å². The summed E-state index contributed by atoms with van der Waals surface area (Å²) in [6.07, 6.45) is 5.06. The van der Waals surface area contributed by atoms with E-state index >= 15 is 0 Å². The van der Waals surface area contributed by atoms with Crippen LogP contribution >= 0.6 is 12.9 Å². The van der Waals surface area contributed by atoms with Crippen molar-refractivity contribution in [2.24, 2.45) is 0 Å². The lowest BCUT2D eigenvalue weighted by atomic mass is 10.2. The molecule has 0 aliphatic carbocycles. The number of hydrogen-bond donors (Lipinski definition) is 1. The summed E-state index contributed by atoms with van der Waals surface area (Å²) in [5.74, 6) is -0.357. The van der Waals surface area contributed by atoms with E-state index in [0.29, 0.717) is 5.57 Å². The van der Waals surface area contributed by atoms with Crippen molar-refractivity contribution in [2.75, 3.05) is 0 Å². The first-order valence-corrected chi connectivity index (χ1v) is 4.11. The van der Waals surface area contributed by atoms with Gasteiger partial charge in [-0.05, 0) is 13.3 Å². The second-order valence-corrected chi connectivity index (χ2v) is 2.59. The van der Waals surface area contributed by atoms with E-state index in [0.717, 1.165) is 19.3 Å². The second-order valence-electron chi connectivity index (χ2n) is 2.41. The van der Waals surface area contributed by atoms with Crippen LogP contribution in [0.5, 0.6) is 0 Å². The molecule has 0 bridgehead atoms. The molecule has 0 aliphatic rings. The van der Waals surface area contributed by atoms with Crippen LogP contribution in [-0.4, -0.2) is 5.97 Å². The number of unbranched alkanes of at least 4 members (excludes halogenated alkanes) is 2. The molecule has 64 valence electrons. The Balaban J connectivity index is 3.71. The molecule has 0 heterocycles. The zero-order chi connectivity index (χ0) is 8.69. The highest BCUT2D eigenvalue weighted by molar-refractivity contribution is 7.75. The van der Waals surface area contributed by atoms with Gasteiger partial charge in [0.05, 0.1) is 0 Å². The third-order valence-electron chi connectivity index (χ3n) is 1.41. The van der Waals surface area contributed by atoms with Gasteiger partial charge < -0.3 is 4.18 Å². The highest BCUT2D eigenvalue weighted by atomic mass is 32.1. The molecule has 0 atom stereocenters. The van der Waals surface area contributed by atoms with Gasteiger partial charge in [0.2, 0.25) is 0 Å². The zero-order valence-corrected chi connectivity index (χ0v) is 7.86. The molecule has 0 fully saturated rings.